The highest BCUT2D eigenvalue weighted by Crippen LogP contribution is 2.25. The molecule has 1 heterocycles. The highest BCUT2D eigenvalue weighted by molar-refractivity contribution is 6.03. The summed E-state index contributed by atoms with van der Waals surface area (Å²) >= 11 is 0. The van der Waals surface area contributed by atoms with E-state index in [0.29, 0.717) is 12.8 Å². The number of rotatable bonds is 49. The molecule has 1 rings (SSSR count). The molecule has 1 aliphatic rings. The normalized spacial score (nSPS) is 15.8. The van der Waals surface area contributed by atoms with Crippen molar-refractivity contribution >= 4 is 118 Å². The average Bonchev–Trinajstić information content (AvgIpc) is 1.54. The summed E-state index contributed by atoms with van der Waals surface area (Å²) < 4.78 is 0. The maximum atomic E-state index is 14.5. The van der Waals surface area contributed by atoms with Crippen LogP contribution in [0.1, 0.15) is 237 Å². The fraction of sp³-hybridized carbons (Fsp3) is 0.747. The highest BCUT2D eigenvalue weighted by atomic mass is 16.3. The maximum absolute atomic E-state index is 14.5. The van der Waals surface area contributed by atoms with Crippen LogP contribution in [0.15, 0.2) is 0 Å². The van der Waals surface area contributed by atoms with Crippen LogP contribution in [-0.4, -0.2) is 248 Å². The van der Waals surface area contributed by atoms with Crippen LogP contribution in [0.4, 0.5) is 0 Å². The molecule has 41 heteroatoms. The van der Waals surface area contributed by atoms with E-state index in [9.17, 15) is 101 Å². The van der Waals surface area contributed by atoms with E-state index < -0.39 is 250 Å². The van der Waals surface area contributed by atoms with Crippen molar-refractivity contribution < 1.29 is 101 Å². The van der Waals surface area contributed by atoms with Gasteiger partial charge in [0.1, 0.15) is 87.1 Å². The fourth-order valence-electron chi connectivity index (χ4n) is 12.2. The summed E-state index contributed by atoms with van der Waals surface area (Å²) in [6, 6.07) is -11.2. The zero-order chi connectivity index (χ0) is 93.1. The summed E-state index contributed by atoms with van der Waals surface area (Å²) in [5, 5.41) is 53.2. The molecule has 10 atom stereocenters. The van der Waals surface area contributed by atoms with Gasteiger partial charge < -0.3 is 112 Å². The number of carbonyl (C=O) groups excluding carboxylic acids is 20. The van der Waals surface area contributed by atoms with Gasteiger partial charge in [0.25, 0.3) is 0 Å². The van der Waals surface area contributed by atoms with Gasteiger partial charge in [-0.25, -0.2) is 0 Å². The van der Waals surface area contributed by atoms with Gasteiger partial charge >= 0.3 is 0 Å². The molecule has 0 aromatic carbocycles. The number of nitrogens with one attached hydrogen (secondary N) is 17. The SMILES string of the molecule is CC[C@@](C)(NC(=O)CNC(=O)C(C)(C)NC(=O)[C@@H](NC(=O)C(C)(C)NC(=O)[C@@H](CCC(N)=O)NC(=O)[C@H](C)NC(=O)[C@@H](CC(C)C)NC(=O)[C@@H](C)NC(=O)CNC(=O)C(C)(C)NC(C)=O)C(C)C)C(=O)NC(C)(C)C(=O)N1CCC[C@H]1C(=O)N[C@@H](CC(C)C)C(=O)NC(C)(C)C(=O)NC(C)(C)C(=O)N[C@@H](CCC(N)=O)C(=O)N[C@H](CO)CC(C)C. The van der Waals surface area contributed by atoms with Gasteiger partial charge in [0.15, 0.2) is 0 Å². The van der Waals surface area contributed by atoms with Crippen molar-refractivity contribution in [2.24, 2.45) is 35.1 Å². The second-order valence-corrected chi connectivity index (χ2v) is 35.8. The van der Waals surface area contributed by atoms with Crippen molar-refractivity contribution in [2.45, 2.75) is 330 Å². The molecule has 0 radical (unpaired) electrons. The molecule has 1 saturated heterocycles. The first-order chi connectivity index (χ1) is 54.8. The Morgan fingerprint density at radius 3 is 1.27 bits per heavy atom. The van der Waals surface area contributed by atoms with Crippen molar-refractivity contribution in [1.82, 2.24) is 95.3 Å². The van der Waals surface area contributed by atoms with E-state index in [1.54, 1.807) is 48.5 Å². The van der Waals surface area contributed by atoms with Crippen LogP contribution in [0.25, 0.3) is 0 Å². The van der Waals surface area contributed by atoms with E-state index in [2.05, 4.69) is 90.4 Å². The van der Waals surface area contributed by atoms with Gasteiger partial charge in [-0.2, -0.15) is 0 Å². The minimum Gasteiger partial charge on any atom is -0.394 e. The van der Waals surface area contributed by atoms with Crippen LogP contribution in [0.3, 0.4) is 0 Å². The second kappa shape index (κ2) is 46.2. The molecule has 22 N–H and O–H groups in total. The van der Waals surface area contributed by atoms with Gasteiger partial charge in [-0.1, -0.05) is 62.3 Å². The molecule has 0 aromatic heterocycles. The van der Waals surface area contributed by atoms with E-state index in [1.807, 2.05) is 13.8 Å². The topological polar surface area (TPSA) is 621 Å². The first-order valence-electron chi connectivity index (χ1n) is 40.5. The van der Waals surface area contributed by atoms with Crippen molar-refractivity contribution in [3.8, 4) is 0 Å². The molecule has 680 valence electrons. The van der Waals surface area contributed by atoms with Crippen LogP contribution in [0, 0.1) is 23.7 Å². The van der Waals surface area contributed by atoms with Gasteiger partial charge in [0.2, 0.25) is 118 Å². The van der Waals surface area contributed by atoms with Crippen molar-refractivity contribution in [3.63, 3.8) is 0 Å². The largest absolute Gasteiger partial charge is 0.394 e. The smallest absolute Gasteiger partial charge is 0.248 e. The predicted octanol–water partition coefficient (Wildman–Crippen LogP) is -3.88. The molecule has 0 aliphatic carbocycles. The van der Waals surface area contributed by atoms with Gasteiger partial charge in [-0.05, 0) is 179 Å². The van der Waals surface area contributed by atoms with Crippen LogP contribution in [0.2, 0.25) is 0 Å². The molecule has 0 spiro atoms. The Morgan fingerprint density at radius 2 is 0.800 bits per heavy atom. The van der Waals surface area contributed by atoms with E-state index in [-0.39, 0.29) is 62.8 Å². The highest BCUT2D eigenvalue weighted by Gasteiger charge is 2.47. The Hall–Kier alpha value is -10.6. The molecule has 0 aromatic rings. The molecule has 41 nitrogen and oxygen atoms in total. The minimum absolute atomic E-state index is 0.0514. The lowest BCUT2D eigenvalue weighted by Crippen LogP contribution is -2.66. The van der Waals surface area contributed by atoms with Crippen LogP contribution in [-0.2, 0) is 95.9 Å². The third-order valence-corrected chi connectivity index (χ3v) is 19.7. The number of aliphatic hydroxyl groups is 1. The number of amides is 20. The number of nitrogens with zero attached hydrogens (tertiary/aromatic N) is 1. The van der Waals surface area contributed by atoms with Crippen LogP contribution >= 0.6 is 0 Å². The van der Waals surface area contributed by atoms with Crippen LogP contribution in [0.5, 0.6) is 0 Å². The lowest BCUT2D eigenvalue weighted by molar-refractivity contribution is -0.146. The lowest BCUT2D eigenvalue weighted by Gasteiger charge is -2.37. The standard InChI is InChI=1S/C79H138N20O21/c1-26-79(25,71(119)98-78(23,24)72(120)99-33-27-28-52(99)64(112)89-51(36-42(6)7)63(111)95-77(21,22)70(118)97-76(19,20)68(116)90-48(29-31-53(80)102)60(108)86-47(39-100)34-40(2)3)93-56(105)38-83-67(115)74(15,16)96-65(113)57(43(8)9)91-69(117)75(17,18)94-62(110)49(30-32-54(81)103)87-59(107)45(11)85-61(109)50(35-41(4)5)88-58(106)44(10)84-55(104)37-82-66(114)73(13,14)92-46(12)101/h40-45,47-52,57,100H,26-39H2,1-25H3,(H2,80,102)(H2,81,103)(H,82,114)(H,83,115)(H,84,104)(H,85,109)(H,86,108)(H,87,107)(H,88,106)(H,89,112)(H,90,116)(H,91,117)(H,92,101)(H,93,105)(H,94,110)(H,95,111)(H,96,113)(H,97,118)(H,98,119)/t44-,45+,47+,48+,49-,50-,51+,52+,57+,79-/m1/s1. The molecular weight excluding hydrogens is 1560 g/mol. The number of carbonyl (C=O) groups is 20. The van der Waals surface area contributed by atoms with Crippen molar-refractivity contribution in [3.05, 3.63) is 0 Å². The van der Waals surface area contributed by atoms with Gasteiger partial charge in [-0.15, -0.1) is 0 Å². The third kappa shape index (κ3) is 35.3. The molecular formula is C79H138N20O21. The summed E-state index contributed by atoms with van der Waals surface area (Å²) in [6.07, 6.45) is -0.347. The Morgan fingerprint density at radius 1 is 0.400 bits per heavy atom. The first kappa shape index (κ1) is 107. The lowest BCUT2D eigenvalue weighted by atomic mass is 9.94. The van der Waals surface area contributed by atoms with Crippen LogP contribution < -0.4 is 102 Å². The summed E-state index contributed by atoms with van der Waals surface area (Å²) in [6.45, 7) is 35.3. The summed E-state index contributed by atoms with van der Waals surface area (Å²) in [4.78, 5) is 270. The van der Waals surface area contributed by atoms with Gasteiger partial charge in [0.05, 0.1) is 25.7 Å². The quantitative estimate of drug-likeness (QED) is 0.0277. The molecule has 0 bridgehead atoms. The first-order valence-corrected chi connectivity index (χ1v) is 40.5. The van der Waals surface area contributed by atoms with Crippen molar-refractivity contribution in [1.29, 1.82) is 0 Å². The van der Waals surface area contributed by atoms with E-state index in [4.69, 9.17) is 11.5 Å². The summed E-state index contributed by atoms with van der Waals surface area (Å²) in [7, 11) is 0. The van der Waals surface area contributed by atoms with E-state index >= 15 is 0 Å². The number of hydrogen-bond donors (Lipinski definition) is 20. The molecule has 120 heavy (non-hydrogen) atoms. The van der Waals surface area contributed by atoms with E-state index in [1.165, 1.54) is 116 Å². The number of likely N-dealkylation sites (tertiary alicyclic amines) is 1. The monoisotopic (exact) mass is 1700 g/mol. The number of hydrogen-bond acceptors (Lipinski definition) is 21. The predicted molar refractivity (Wildman–Crippen MR) is 441 cm³/mol. The molecule has 0 saturated carbocycles. The molecule has 0 unspecified atom stereocenters. The number of primary amides is 2. The fourth-order valence-corrected chi connectivity index (χ4v) is 12.2. The zero-order valence-electron chi connectivity index (χ0n) is 74.6. The number of aliphatic hydroxyl groups excluding tert-OH is 1. The van der Waals surface area contributed by atoms with Gasteiger partial charge in [-0.3, -0.25) is 95.9 Å². The average molecular weight is 1700 g/mol. The Labute approximate surface area is 703 Å². The molecule has 1 aliphatic heterocycles. The molecule has 20 amide bonds. The van der Waals surface area contributed by atoms with Crippen molar-refractivity contribution in [2.75, 3.05) is 26.2 Å². The summed E-state index contributed by atoms with van der Waals surface area (Å²) in [5.41, 5.74) is -1.22. The minimum atomic E-state index is -1.88. The van der Waals surface area contributed by atoms with Gasteiger partial charge in [0, 0.05) is 26.3 Å². The van der Waals surface area contributed by atoms with E-state index in [0.717, 1.165) is 0 Å². The third-order valence-electron chi connectivity index (χ3n) is 19.7. The summed E-state index contributed by atoms with van der Waals surface area (Å²) in [5.74, 6) is -17.1. The Bertz CT molecular complexity index is 3740. The zero-order valence-corrected chi connectivity index (χ0v) is 74.6. The Kier molecular flexibility index (Phi) is 41.4. The Balaban J connectivity index is 3.17. The second-order valence-electron chi connectivity index (χ2n) is 35.8. The maximum Gasteiger partial charge on any atom is 0.248 e. The molecule has 1 fully saturated rings. The number of nitrogens with two attached hydrogens (primary N) is 2.